The Morgan fingerprint density at radius 2 is 1.87 bits per heavy atom. The molecule has 1 aliphatic heterocycles. The molecule has 1 saturated heterocycles. The van der Waals surface area contributed by atoms with Gasteiger partial charge in [0.15, 0.2) is 5.76 Å². The summed E-state index contributed by atoms with van der Waals surface area (Å²) >= 11 is 0. The normalized spacial score (nSPS) is 19.0. The van der Waals surface area contributed by atoms with Crippen LogP contribution in [0.25, 0.3) is 0 Å². The minimum absolute atomic E-state index is 0.101. The van der Waals surface area contributed by atoms with Crippen molar-refractivity contribution in [2.24, 2.45) is 0 Å². The zero-order valence-corrected chi connectivity index (χ0v) is 22.8. The molecule has 2 aliphatic carbocycles. The van der Waals surface area contributed by atoms with E-state index in [2.05, 4.69) is 29.2 Å². The van der Waals surface area contributed by atoms with Crippen LogP contribution in [0.1, 0.15) is 38.2 Å². The van der Waals surface area contributed by atoms with Crippen LogP contribution in [0.4, 0.5) is 0 Å². The van der Waals surface area contributed by atoms with Gasteiger partial charge >= 0.3 is 5.97 Å². The lowest BCUT2D eigenvalue weighted by Gasteiger charge is -2.41. The van der Waals surface area contributed by atoms with Gasteiger partial charge in [-0.1, -0.05) is 60.7 Å². The van der Waals surface area contributed by atoms with Crippen LogP contribution >= 0.6 is 0 Å². The number of hydrogen-bond donors (Lipinski definition) is 1. The van der Waals surface area contributed by atoms with Gasteiger partial charge in [0.1, 0.15) is 17.6 Å². The van der Waals surface area contributed by atoms with Crippen molar-refractivity contribution < 1.29 is 24.2 Å². The molecule has 1 atom stereocenters. The second kappa shape index (κ2) is 13.8. The van der Waals surface area contributed by atoms with Crippen LogP contribution in [-0.4, -0.2) is 65.6 Å². The zero-order valence-electron chi connectivity index (χ0n) is 22.8. The van der Waals surface area contributed by atoms with Gasteiger partial charge < -0.3 is 19.5 Å². The van der Waals surface area contributed by atoms with Crippen LogP contribution in [0.3, 0.4) is 0 Å². The highest BCUT2D eigenvalue weighted by Crippen LogP contribution is 2.25. The fourth-order valence-electron chi connectivity index (χ4n) is 5.34. The molecule has 1 unspecified atom stereocenters. The van der Waals surface area contributed by atoms with Gasteiger partial charge in [-0.05, 0) is 48.6 Å². The van der Waals surface area contributed by atoms with Crippen LogP contribution in [0.5, 0.6) is 0 Å². The predicted octanol–water partition coefficient (Wildman–Crippen LogP) is 5.16. The number of rotatable bonds is 10. The number of benzene rings is 1. The van der Waals surface area contributed by atoms with E-state index >= 15 is 0 Å². The Kier molecular flexibility index (Phi) is 9.97. The Bertz CT molecular complexity index is 1200. The molecule has 4 rings (SSSR count). The third-order valence-electron chi connectivity index (χ3n) is 7.27. The van der Waals surface area contributed by atoms with Gasteiger partial charge in [0, 0.05) is 45.4 Å². The Morgan fingerprint density at radius 3 is 2.56 bits per heavy atom. The first kappa shape index (κ1) is 28.2. The van der Waals surface area contributed by atoms with Gasteiger partial charge in [-0.15, -0.1) is 0 Å². The first-order chi connectivity index (χ1) is 18.9. The fourth-order valence-corrected chi connectivity index (χ4v) is 5.34. The largest absolute Gasteiger partial charge is 0.497 e. The zero-order chi connectivity index (χ0) is 27.6. The minimum Gasteiger partial charge on any atom is -0.497 e. The van der Waals surface area contributed by atoms with Crippen LogP contribution in [0.2, 0.25) is 0 Å². The van der Waals surface area contributed by atoms with Crippen LogP contribution in [0, 0.1) is 0 Å². The first-order valence-corrected chi connectivity index (χ1v) is 13.6. The quantitative estimate of drug-likeness (QED) is 0.450. The molecule has 0 saturated carbocycles. The van der Waals surface area contributed by atoms with Gasteiger partial charge in [-0.25, -0.2) is 4.79 Å². The minimum atomic E-state index is -0.962. The van der Waals surface area contributed by atoms with Crippen molar-refractivity contribution in [3.63, 3.8) is 0 Å². The van der Waals surface area contributed by atoms with Gasteiger partial charge in [0.05, 0.1) is 7.11 Å². The van der Waals surface area contributed by atoms with E-state index in [4.69, 9.17) is 9.47 Å². The highest BCUT2D eigenvalue weighted by Gasteiger charge is 2.35. The standard InChI is InChI=1S/C32H38N2O5/c1-24(35)34(29(32(36)37)22-25-11-5-3-6-12-25)27-17-19-33(20-18-27)23-26-13-9-10-14-28(21-26)39-31-16-8-4-7-15-30(31)38-2/h3-9,11-14,16,21,27,29H,10,15,17-20,22-23H2,1-2H3,(H,36,37). The van der Waals surface area contributed by atoms with Crippen molar-refractivity contribution in [3.8, 4) is 0 Å². The molecule has 0 radical (unpaired) electrons. The van der Waals surface area contributed by atoms with Crippen LogP contribution < -0.4 is 0 Å². The van der Waals surface area contributed by atoms with E-state index in [1.807, 2.05) is 54.6 Å². The maximum atomic E-state index is 12.7. The number of carboxylic acids is 1. The molecule has 7 nitrogen and oxygen atoms in total. The van der Waals surface area contributed by atoms with E-state index in [1.54, 1.807) is 12.0 Å². The second-order valence-electron chi connectivity index (χ2n) is 10.0. The SMILES string of the molecule is COC1=C(OC2=CCC=CC(CN3CCC(N(C(C)=O)C(Cc4ccccc4)C(=O)O)CC3)=C2)C=CC=CC1. The van der Waals surface area contributed by atoms with E-state index in [0.29, 0.717) is 18.6 Å². The summed E-state index contributed by atoms with van der Waals surface area (Å²) in [6.45, 7) is 3.80. The highest BCUT2D eigenvalue weighted by atomic mass is 16.5. The number of carboxylic acid groups (broad SMARTS) is 1. The number of piperidine rings is 1. The molecule has 0 spiro atoms. The summed E-state index contributed by atoms with van der Waals surface area (Å²) < 4.78 is 11.8. The van der Waals surface area contributed by atoms with Gasteiger partial charge in [0.25, 0.3) is 0 Å². The number of carbonyl (C=O) groups is 2. The summed E-state index contributed by atoms with van der Waals surface area (Å²) in [5.74, 6) is 1.13. The summed E-state index contributed by atoms with van der Waals surface area (Å²) in [6.07, 6.45) is 19.5. The lowest BCUT2D eigenvalue weighted by molar-refractivity contribution is -0.152. The topological polar surface area (TPSA) is 79.3 Å². The van der Waals surface area contributed by atoms with Crippen molar-refractivity contribution in [2.75, 3.05) is 26.7 Å². The maximum Gasteiger partial charge on any atom is 0.326 e. The van der Waals surface area contributed by atoms with Crippen LogP contribution in [0.15, 0.2) is 102 Å². The number of hydrogen-bond acceptors (Lipinski definition) is 5. The molecule has 1 aromatic rings. The molecule has 39 heavy (non-hydrogen) atoms. The smallest absolute Gasteiger partial charge is 0.326 e. The van der Waals surface area contributed by atoms with Gasteiger partial charge in [-0.2, -0.15) is 0 Å². The molecule has 1 aromatic carbocycles. The molecule has 1 fully saturated rings. The molecule has 206 valence electrons. The molecular weight excluding hydrogens is 492 g/mol. The van der Waals surface area contributed by atoms with Crippen molar-refractivity contribution >= 4 is 11.9 Å². The van der Waals surface area contributed by atoms with E-state index in [1.165, 1.54) is 6.92 Å². The molecular formula is C32H38N2O5. The lowest BCUT2D eigenvalue weighted by atomic mass is 9.97. The number of amides is 1. The van der Waals surface area contributed by atoms with Crippen molar-refractivity contribution in [3.05, 3.63) is 107 Å². The summed E-state index contributed by atoms with van der Waals surface area (Å²) in [5, 5.41) is 10.0. The summed E-state index contributed by atoms with van der Waals surface area (Å²) in [6, 6.07) is 8.53. The van der Waals surface area contributed by atoms with Crippen molar-refractivity contribution in [1.82, 2.24) is 9.80 Å². The van der Waals surface area contributed by atoms with E-state index in [9.17, 15) is 14.7 Å². The van der Waals surface area contributed by atoms with Gasteiger partial charge in [-0.3, -0.25) is 9.69 Å². The molecule has 1 N–H and O–H groups in total. The molecule has 1 heterocycles. The second-order valence-corrected chi connectivity index (χ2v) is 10.0. The number of carbonyl (C=O) groups excluding carboxylic acids is 1. The number of ether oxygens (including phenoxy) is 2. The third kappa shape index (κ3) is 7.83. The molecule has 7 heteroatoms. The highest BCUT2D eigenvalue weighted by molar-refractivity contribution is 5.82. The number of methoxy groups -OCH3 is 1. The summed E-state index contributed by atoms with van der Waals surface area (Å²) in [7, 11) is 1.66. The lowest BCUT2D eigenvalue weighted by Crippen LogP contribution is -2.54. The molecule has 3 aliphatic rings. The average molecular weight is 531 g/mol. The number of aliphatic carboxylic acids is 1. The number of nitrogens with zero attached hydrogens (tertiary/aromatic N) is 2. The Morgan fingerprint density at radius 1 is 1.10 bits per heavy atom. The average Bonchev–Trinajstić information content (AvgIpc) is 3.29. The summed E-state index contributed by atoms with van der Waals surface area (Å²) in [5.41, 5.74) is 2.05. The summed E-state index contributed by atoms with van der Waals surface area (Å²) in [4.78, 5) is 28.9. The first-order valence-electron chi connectivity index (χ1n) is 13.6. The van der Waals surface area contributed by atoms with Crippen molar-refractivity contribution in [1.29, 1.82) is 0 Å². The third-order valence-corrected chi connectivity index (χ3v) is 7.27. The van der Waals surface area contributed by atoms with E-state index in [0.717, 1.165) is 61.6 Å². The molecule has 0 aromatic heterocycles. The Labute approximate surface area is 231 Å². The van der Waals surface area contributed by atoms with E-state index < -0.39 is 12.0 Å². The Balaban J connectivity index is 1.39. The predicted molar refractivity (Wildman–Crippen MR) is 151 cm³/mol. The fraction of sp³-hybridized carbons (Fsp3) is 0.375. The monoisotopic (exact) mass is 530 g/mol. The molecule has 1 amide bonds. The maximum absolute atomic E-state index is 12.7. The molecule has 0 bridgehead atoms. The number of likely N-dealkylation sites (tertiary alicyclic amines) is 1. The number of allylic oxidation sites excluding steroid dienone is 7. The van der Waals surface area contributed by atoms with Gasteiger partial charge in [0.2, 0.25) is 5.91 Å². The van der Waals surface area contributed by atoms with E-state index in [-0.39, 0.29) is 11.9 Å². The van der Waals surface area contributed by atoms with Crippen molar-refractivity contribution in [2.45, 2.75) is 51.1 Å². The van der Waals surface area contributed by atoms with Crippen LogP contribution in [-0.2, 0) is 25.5 Å². The Hall–Kier alpha value is -3.84.